The van der Waals surface area contributed by atoms with Crippen molar-refractivity contribution in [2.45, 2.75) is 31.7 Å². The van der Waals surface area contributed by atoms with Gasteiger partial charge in [0, 0.05) is 18.2 Å². The average molecular weight is 294 g/mol. The molecule has 1 amide bonds. The Labute approximate surface area is 123 Å². The van der Waals surface area contributed by atoms with E-state index < -0.39 is 11.6 Å². The van der Waals surface area contributed by atoms with E-state index in [4.69, 9.17) is 0 Å². The largest absolute Gasteiger partial charge is 0.335 e. The van der Waals surface area contributed by atoms with Gasteiger partial charge in [-0.1, -0.05) is 0 Å². The van der Waals surface area contributed by atoms with Crippen LogP contribution in [0.3, 0.4) is 0 Å². The molecule has 1 aromatic rings. The lowest BCUT2D eigenvalue weighted by atomic mass is 9.97. The van der Waals surface area contributed by atoms with E-state index in [1.165, 1.54) is 6.07 Å². The molecule has 3 nitrogen and oxygen atoms in total. The van der Waals surface area contributed by atoms with E-state index in [2.05, 4.69) is 5.32 Å². The van der Waals surface area contributed by atoms with Crippen LogP contribution in [-0.2, 0) is 0 Å². The maximum Gasteiger partial charge on any atom is 0.254 e. The zero-order chi connectivity index (χ0) is 14.8. The molecule has 2 fully saturated rings. The minimum atomic E-state index is -0.960. The van der Waals surface area contributed by atoms with Gasteiger partial charge < -0.3 is 10.2 Å². The minimum Gasteiger partial charge on any atom is -0.335 e. The number of amides is 1. The molecule has 2 aliphatic rings. The highest BCUT2D eigenvalue weighted by Crippen LogP contribution is 2.30. The summed E-state index contributed by atoms with van der Waals surface area (Å²) < 4.78 is 26.3. The molecule has 1 heterocycles. The number of benzene rings is 1. The van der Waals surface area contributed by atoms with Gasteiger partial charge in [0.1, 0.15) is 0 Å². The van der Waals surface area contributed by atoms with Crippen molar-refractivity contribution in [3.05, 3.63) is 35.4 Å². The standard InChI is InChI=1S/C16H20F2N2O/c17-14-4-1-12(9-15(14)18)16(21)20(13-2-3-13)10-11-5-7-19-8-6-11/h1,4,9,11,13,19H,2-3,5-8,10H2. The summed E-state index contributed by atoms with van der Waals surface area (Å²) in [6, 6.07) is 3.69. The van der Waals surface area contributed by atoms with E-state index in [1.54, 1.807) is 0 Å². The lowest BCUT2D eigenvalue weighted by Gasteiger charge is -2.30. The van der Waals surface area contributed by atoms with Gasteiger partial charge in [-0.15, -0.1) is 0 Å². The van der Waals surface area contributed by atoms with E-state index in [9.17, 15) is 13.6 Å². The maximum absolute atomic E-state index is 13.3. The molecule has 0 aromatic heterocycles. The summed E-state index contributed by atoms with van der Waals surface area (Å²) in [6.07, 6.45) is 4.16. The van der Waals surface area contributed by atoms with Crippen LogP contribution >= 0.6 is 0 Å². The van der Waals surface area contributed by atoms with Crippen molar-refractivity contribution in [2.24, 2.45) is 5.92 Å². The molecule has 1 aliphatic heterocycles. The molecule has 1 saturated carbocycles. The Balaban J connectivity index is 1.73. The van der Waals surface area contributed by atoms with E-state index in [0.29, 0.717) is 5.92 Å². The topological polar surface area (TPSA) is 32.3 Å². The highest BCUT2D eigenvalue weighted by Gasteiger charge is 2.34. The summed E-state index contributed by atoms with van der Waals surface area (Å²) in [5.41, 5.74) is 0.245. The van der Waals surface area contributed by atoms with Crippen molar-refractivity contribution in [3.8, 4) is 0 Å². The van der Waals surface area contributed by atoms with Crippen LogP contribution in [-0.4, -0.2) is 36.5 Å². The Morgan fingerprint density at radius 1 is 1.14 bits per heavy atom. The van der Waals surface area contributed by atoms with Gasteiger partial charge in [-0.25, -0.2) is 8.78 Å². The smallest absolute Gasteiger partial charge is 0.254 e. The summed E-state index contributed by atoms with van der Waals surface area (Å²) in [5, 5.41) is 3.31. The number of hydrogen-bond donors (Lipinski definition) is 1. The molecule has 5 heteroatoms. The number of piperidine rings is 1. The summed E-state index contributed by atoms with van der Waals surface area (Å²) in [6.45, 7) is 2.70. The Kier molecular flexibility index (Phi) is 4.19. The first-order valence-corrected chi connectivity index (χ1v) is 7.62. The maximum atomic E-state index is 13.3. The highest BCUT2D eigenvalue weighted by molar-refractivity contribution is 5.94. The fourth-order valence-electron chi connectivity index (χ4n) is 2.92. The van der Waals surface area contributed by atoms with Gasteiger partial charge in [0.25, 0.3) is 5.91 Å². The van der Waals surface area contributed by atoms with Crippen LogP contribution in [0.15, 0.2) is 18.2 Å². The molecule has 0 spiro atoms. The molecule has 1 saturated heterocycles. The van der Waals surface area contributed by atoms with Crippen LogP contribution in [0.25, 0.3) is 0 Å². The second-order valence-electron chi connectivity index (χ2n) is 6.01. The fourth-order valence-corrected chi connectivity index (χ4v) is 2.92. The lowest BCUT2D eigenvalue weighted by molar-refractivity contribution is 0.0701. The van der Waals surface area contributed by atoms with E-state index in [-0.39, 0.29) is 17.5 Å². The third-order valence-corrected chi connectivity index (χ3v) is 4.33. The second-order valence-corrected chi connectivity index (χ2v) is 6.01. The van der Waals surface area contributed by atoms with Gasteiger partial charge in [-0.2, -0.15) is 0 Å². The second kappa shape index (κ2) is 6.10. The van der Waals surface area contributed by atoms with Crippen LogP contribution in [0.5, 0.6) is 0 Å². The van der Waals surface area contributed by atoms with Crippen molar-refractivity contribution in [1.29, 1.82) is 0 Å². The van der Waals surface area contributed by atoms with Gasteiger partial charge in [0.15, 0.2) is 11.6 Å². The zero-order valence-electron chi connectivity index (χ0n) is 11.9. The third-order valence-electron chi connectivity index (χ3n) is 4.33. The van der Waals surface area contributed by atoms with Crippen molar-refractivity contribution in [2.75, 3.05) is 19.6 Å². The molecule has 0 unspecified atom stereocenters. The van der Waals surface area contributed by atoms with Crippen LogP contribution in [0.4, 0.5) is 8.78 Å². The predicted molar refractivity (Wildman–Crippen MR) is 76.0 cm³/mol. The van der Waals surface area contributed by atoms with E-state index in [1.807, 2.05) is 4.90 Å². The Morgan fingerprint density at radius 3 is 2.48 bits per heavy atom. The molecule has 0 bridgehead atoms. The number of carbonyl (C=O) groups excluding carboxylic acids is 1. The molecular weight excluding hydrogens is 274 g/mol. The summed E-state index contributed by atoms with van der Waals surface area (Å²) >= 11 is 0. The fraction of sp³-hybridized carbons (Fsp3) is 0.562. The summed E-state index contributed by atoms with van der Waals surface area (Å²) in [5.74, 6) is -1.54. The molecule has 0 atom stereocenters. The molecule has 21 heavy (non-hydrogen) atoms. The quantitative estimate of drug-likeness (QED) is 0.925. The lowest BCUT2D eigenvalue weighted by Crippen LogP contribution is -2.40. The number of nitrogens with one attached hydrogen (secondary N) is 1. The Hall–Kier alpha value is -1.49. The first-order valence-electron chi connectivity index (χ1n) is 7.62. The van der Waals surface area contributed by atoms with E-state index in [0.717, 1.165) is 57.5 Å². The van der Waals surface area contributed by atoms with Gasteiger partial charge in [-0.05, 0) is 62.9 Å². The summed E-state index contributed by atoms with van der Waals surface area (Å²) in [4.78, 5) is 14.4. The number of carbonyl (C=O) groups is 1. The van der Waals surface area contributed by atoms with Crippen molar-refractivity contribution in [3.63, 3.8) is 0 Å². The number of hydrogen-bond acceptors (Lipinski definition) is 2. The normalized spacial score (nSPS) is 19.5. The van der Waals surface area contributed by atoms with Gasteiger partial charge in [0.05, 0.1) is 0 Å². The first kappa shape index (κ1) is 14.4. The van der Waals surface area contributed by atoms with Crippen LogP contribution in [0.1, 0.15) is 36.0 Å². The van der Waals surface area contributed by atoms with E-state index >= 15 is 0 Å². The van der Waals surface area contributed by atoms with Crippen LogP contribution in [0, 0.1) is 17.6 Å². The molecule has 1 aromatic carbocycles. The van der Waals surface area contributed by atoms with Crippen LogP contribution < -0.4 is 5.32 Å². The van der Waals surface area contributed by atoms with Crippen molar-refractivity contribution >= 4 is 5.91 Å². The van der Waals surface area contributed by atoms with Crippen molar-refractivity contribution < 1.29 is 13.6 Å². The van der Waals surface area contributed by atoms with Gasteiger partial charge in [-0.3, -0.25) is 4.79 Å². The predicted octanol–water partition coefficient (Wildman–Crippen LogP) is 2.57. The SMILES string of the molecule is O=C(c1ccc(F)c(F)c1)N(CC1CCNCC1)C1CC1. The number of halogens is 2. The first-order chi connectivity index (χ1) is 10.1. The van der Waals surface area contributed by atoms with Gasteiger partial charge >= 0.3 is 0 Å². The average Bonchev–Trinajstić information content (AvgIpc) is 3.33. The molecule has 0 radical (unpaired) electrons. The molecule has 3 rings (SSSR count). The monoisotopic (exact) mass is 294 g/mol. The molecule has 114 valence electrons. The Bertz CT molecular complexity index is 525. The number of nitrogens with zero attached hydrogens (tertiary/aromatic N) is 1. The van der Waals surface area contributed by atoms with Gasteiger partial charge in [0.2, 0.25) is 0 Å². The summed E-state index contributed by atoms with van der Waals surface area (Å²) in [7, 11) is 0. The molecule has 1 N–H and O–H groups in total. The minimum absolute atomic E-state index is 0.171. The number of rotatable bonds is 4. The van der Waals surface area contributed by atoms with Crippen molar-refractivity contribution in [1.82, 2.24) is 10.2 Å². The third kappa shape index (κ3) is 3.40. The highest BCUT2D eigenvalue weighted by atomic mass is 19.2. The zero-order valence-corrected chi connectivity index (χ0v) is 11.9. The molecule has 1 aliphatic carbocycles. The molecular formula is C16H20F2N2O. The Morgan fingerprint density at radius 2 is 1.86 bits per heavy atom. The van der Waals surface area contributed by atoms with Crippen LogP contribution in [0.2, 0.25) is 0 Å².